The summed E-state index contributed by atoms with van der Waals surface area (Å²) < 4.78 is 43.3. The first-order chi connectivity index (χ1) is 15.0. The highest BCUT2D eigenvalue weighted by Crippen LogP contribution is 2.26. The second kappa shape index (κ2) is 8.86. The van der Waals surface area contributed by atoms with Crippen molar-refractivity contribution in [3.05, 3.63) is 77.6 Å². The number of hydrogen-bond acceptors (Lipinski definition) is 7. The molecule has 4 rings (SSSR count). The minimum atomic E-state index is -0.757. The van der Waals surface area contributed by atoms with Crippen LogP contribution in [0.15, 0.2) is 57.6 Å². The third kappa shape index (κ3) is 4.82. The summed E-state index contributed by atoms with van der Waals surface area (Å²) in [6.07, 6.45) is 1.28. The Hall–Kier alpha value is -3.88. The summed E-state index contributed by atoms with van der Waals surface area (Å²) in [5, 5.41) is 3.79. The van der Waals surface area contributed by atoms with Gasteiger partial charge >= 0.3 is 5.97 Å². The molecule has 0 fully saturated rings. The third-order valence-electron chi connectivity index (χ3n) is 4.43. The fraction of sp³-hybridized carbons (Fsp3) is 0.182. The van der Waals surface area contributed by atoms with Crippen LogP contribution in [-0.2, 0) is 22.6 Å². The molecule has 0 unspecified atom stereocenters. The van der Waals surface area contributed by atoms with E-state index < -0.39 is 17.6 Å². The summed E-state index contributed by atoms with van der Waals surface area (Å²) in [6, 6.07) is 11.1. The summed E-state index contributed by atoms with van der Waals surface area (Å²) in [5.74, 6) is -1.36. The second-order valence-corrected chi connectivity index (χ2v) is 6.76. The van der Waals surface area contributed by atoms with E-state index in [9.17, 15) is 13.6 Å². The van der Waals surface area contributed by atoms with Gasteiger partial charge in [-0.25, -0.2) is 13.8 Å². The van der Waals surface area contributed by atoms with Crippen molar-refractivity contribution in [2.45, 2.75) is 26.4 Å². The fourth-order valence-corrected chi connectivity index (χ4v) is 2.83. The average Bonchev–Trinajstić information content (AvgIpc) is 3.41. The van der Waals surface area contributed by atoms with Crippen molar-refractivity contribution < 1.29 is 27.3 Å². The molecule has 0 aliphatic rings. The first kappa shape index (κ1) is 20.4. The minimum absolute atomic E-state index is 0.0393. The van der Waals surface area contributed by atoms with E-state index in [0.717, 1.165) is 23.3 Å². The SMILES string of the molecule is Cc1ccc(-c2nc(COC(=O)CCc3ncc(-c4c(F)cccc4F)o3)no2)cc1. The van der Waals surface area contributed by atoms with Gasteiger partial charge in [-0.1, -0.05) is 28.9 Å². The lowest BCUT2D eigenvalue weighted by Gasteiger charge is -2.01. The van der Waals surface area contributed by atoms with Crippen molar-refractivity contribution in [1.82, 2.24) is 15.1 Å². The highest BCUT2D eigenvalue weighted by Gasteiger charge is 2.17. The molecule has 0 radical (unpaired) electrons. The van der Waals surface area contributed by atoms with Crippen molar-refractivity contribution in [3.63, 3.8) is 0 Å². The zero-order chi connectivity index (χ0) is 21.8. The Balaban J connectivity index is 1.29. The summed E-state index contributed by atoms with van der Waals surface area (Å²) in [5.41, 5.74) is 1.57. The molecule has 0 N–H and O–H groups in total. The number of halogens is 2. The number of carbonyl (C=O) groups excluding carboxylic acids is 1. The van der Waals surface area contributed by atoms with Gasteiger partial charge in [0.05, 0.1) is 18.2 Å². The molecule has 0 atom stereocenters. The Morgan fingerprint density at radius 3 is 2.58 bits per heavy atom. The summed E-state index contributed by atoms with van der Waals surface area (Å²) in [6.45, 7) is 1.82. The van der Waals surface area contributed by atoms with Gasteiger partial charge in [0, 0.05) is 12.0 Å². The molecule has 0 bridgehead atoms. The van der Waals surface area contributed by atoms with Crippen molar-refractivity contribution in [3.8, 4) is 22.8 Å². The number of rotatable bonds is 7. The normalized spacial score (nSPS) is 10.9. The largest absolute Gasteiger partial charge is 0.457 e. The molecule has 2 aromatic carbocycles. The minimum Gasteiger partial charge on any atom is -0.457 e. The van der Waals surface area contributed by atoms with Crippen LogP contribution in [0.4, 0.5) is 8.78 Å². The van der Waals surface area contributed by atoms with E-state index in [-0.39, 0.29) is 42.5 Å². The number of nitrogens with zero attached hydrogens (tertiary/aromatic N) is 3. The summed E-state index contributed by atoms with van der Waals surface area (Å²) >= 11 is 0. The number of ether oxygens (including phenoxy) is 1. The molecular weight excluding hydrogens is 408 g/mol. The van der Waals surface area contributed by atoms with Crippen molar-refractivity contribution in [2.24, 2.45) is 0 Å². The average molecular weight is 425 g/mol. The smallest absolute Gasteiger partial charge is 0.306 e. The van der Waals surface area contributed by atoms with E-state index in [2.05, 4.69) is 15.1 Å². The Kier molecular flexibility index (Phi) is 5.83. The maximum atomic E-state index is 13.8. The van der Waals surface area contributed by atoms with Gasteiger partial charge in [0.1, 0.15) is 11.6 Å². The van der Waals surface area contributed by atoms with Gasteiger partial charge in [-0.3, -0.25) is 4.79 Å². The Morgan fingerprint density at radius 1 is 1.10 bits per heavy atom. The van der Waals surface area contributed by atoms with Crippen LogP contribution in [0.1, 0.15) is 23.7 Å². The maximum absolute atomic E-state index is 13.8. The Labute approximate surface area is 175 Å². The zero-order valence-corrected chi connectivity index (χ0v) is 16.5. The number of benzene rings is 2. The van der Waals surface area contributed by atoms with Gasteiger partial charge in [0.25, 0.3) is 5.89 Å². The first-order valence-electron chi connectivity index (χ1n) is 9.44. The van der Waals surface area contributed by atoms with Crippen LogP contribution in [0.3, 0.4) is 0 Å². The maximum Gasteiger partial charge on any atom is 0.306 e. The highest BCUT2D eigenvalue weighted by atomic mass is 19.1. The molecule has 9 heteroatoms. The number of carbonyl (C=O) groups is 1. The lowest BCUT2D eigenvalue weighted by molar-refractivity contribution is -0.145. The van der Waals surface area contributed by atoms with Crippen LogP contribution < -0.4 is 0 Å². The van der Waals surface area contributed by atoms with E-state index in [1.54, 1.807) is 0 Å². The topological polar surface area (TPSA) is 91.2 Å². The van der Waals surface area contributed by atoms with E-state index in [0.29, 0.717) is 5.89 Å². The van der Waals surface area contributed by atoms with Crippen LogP contribution in [-0.4, -0.2) is 21.1 Å². The highest BCUT2D eigenvalue weighted by molar-refractivity contribution is 5.69. The molecule has 2 heterocycles. The summed E-state index contributed by atoms with van der Waals surface area (Å²) in [4.78, 5) is 20.1. The lowest BCUT2D eigenvalue weighted by atomic mass is 10.1. The third-order valence-corrected chi connectivity index (χ3v) is 4.43. The first-order valence-corrected chi connectivity index (χ1v) is 9.44. The van der Waals surface area contributed by atoms with Gasteiger partial charge in [0.15, 0.2) is 18.3 Å². The monoisotopic (exact) mass is 425 g/mol. The Morgan fingerprint density at radius 2 is 1.84 bits per heavy atom. The van der Waals surface area contributed by atoms with Crippen LogP contribution in [0.25, 0.3) is 22.8 Å². The van der Waals surface area contributed by atoms with E-state index in [1.165, 1.54) is 12.3 Å². The van der Waals surface area contributed by atoms with Crippen LogP contribution in [0, 0.1) is 18.6 Å². The van der Waals surface area contributed by atoms with E-state index >= 15 is 0 Å². The molecular formula is C22H17F2N3O4. The van der Waals surface area contributed by atoms with Gasteiger partial charge in [-0.2, -0.15) is 4.98 Å². The van der Waals surface area contributed by atoms with Crippen molar-refractivity contribution in [1.29, 1.82) is 0 Å². The zero-order valence-electron chi connectivity index (χ0n) is 16.5. The van der Waals surface area contributed by atoms with Crippen LogP contribution in [0.2, 0.25) is 0 Å². The summed E-state index contributed by atoms with van der Waals surface area (Å²) in [7, 11) is 0. The standard InChI is InChI=1S/C22H17F2N3O4/c1-13-5-7-14(8-6-13)22-26-18(27-31-22)12-29-20(28)10-9-19-25-11-17(30-19)21-15(23)3-2-4-16(21)24/h2-8,11H,9-10,12H2,1H3. The number of oxazole rings is 1. The van der Waals surface area contributed by atoms with E-state index in [1.807, 2.05) is 31.2 Å². The van der Waals surface area contributed by atoms with Crippen molar-refractivity contribution >= 4 is 5.97 Å². The molecule has 7 nitrogen and oxygen atoms in total. The number of hydrogen-bond donors (Lipinski definition) is 0. The molecule has 0 saturated carbocycles. The van der Waals surface area contributed by atoms with Crippen LogP contribution >= 0.6 is 0 Å². The van der Waals surface area contributed by atoms with E-state index in [4.69, 9.17) is 13.7 Å². The molecule has 4 aromatic rings. The van der Waals surface area contributed by atoms with Gasteiger partial charge in [-0.05, 0) is 31.2 Å². The van der Waals surface area contributed by atoms with Gasteiger partial charge in [-0.15, -0.1) is 0 Å². The van der Waals surface area contributed by atoms with Crippen LogP contribution in [0.5, 0.6) is 0 Å². The molecule has 0 aliphatic carbocycles. The molecule has 0 aliphatic heterocycles. The molecule has 31 heavy (non-hydrogen) atoms. The second-order valence-electron chi connectivity index (χ2n) is 6.76. The molecule has 2 aromatic heterocycles. The number of aromatic nitrogens is 3. The molecule has 0 amide bonds. The number of aryl methyl sites for hydroxylation is 2. The quantitative estimate of drug-likeness (QED) is 0.398. The predicted octanol–water partition coefficient (Wildman–Crippen LogP) is 4.65. The molecule has 0 saturated heterocycles. The van der Waals surface area contributed by atoms with Crippen molar-refractivity contribution in [2.75, 3.05) is 0 Å². The number of esters is 1. The fourth-order valence-electron chi connectivity index (χ4n) is 2.83. The van der Waals surface area contributed by atoms with Gasteiger partial charge < -0.3 is 13.7 Å². The molecule has 158 valence electrons. The molecule has 0 spiro atoms. The Bertz CT molecular complexity index is 1180. The lowest BCUT2D eigenvalue weighted by Crippen LogP contribution is -2.06. The predicted molar refractivity (Wildman–Crippen MR) is 104 cm³/mol. The van der Waals surface area contributed by atoms with Gasteiger partial charge in [0.2, 0.25) is 5.82 Å².